The van der Waals surface area contributed by atoms with Gasteiger partial charge in [-0.3, -0.25) is 0 Å². The van der Waals surface area contributed by atoms with E-state index < -0.39 is 0 Å². The molecule has 0 aliphatic heterocycles. The van der Waals surface area contributed by atoms with Crippen LogP contribution in [0.3, 0.4) is 0 Å². The van der Waals surface area contributed by atoms with Crippen molar-refractivity contribution in [1.29, 1.82) is 0 Å². The van der Waals surface area contributed by atoms with Crippen molar-refractivity contribution in [3.8, 4) is 0 Å². The molecule has 0 unspecified atom stereocenters. The Labute approximate surface area is 42.2 Å². The second-order valence-electron chi connectivity index (χ2n) is 2.04. The second kappa shape index (κ2) is 1.37. The molecule has 5 heavy (non-hydrogen) atoms. The molecule has 1 rings (SSSR count). The van der Waals surface area contributed by atoms with Gasteiger partial charge in [0.05, 0.1) is 0 Å². The van der Waals surface area contributed by atoms with Gasteiger partial charge in [0.2, 0.25) is 0 Å². The Balaban J connectivity index is 2.08. The van der Waals surface area contributed by atoms with Gasteiger partial charge in [-0.2, -0.15) is 0 Å². The van der Waals surface area contributed by atoms with Crippen LogP contribution in [0.1, 0.15) is 19.3 Å². The van der Waals surface area contributed by atoms with E-state index in [0.717, 1.165) is 4.59 Å². The zero-order valence-electron chi connectivity index (χ0n) is 3.70. The molecule has 0 amide bonds. The molecule has 0 aromatic heterocycles. The molecule has 0 saturated heterocycles. The minimum absolute atomic E-state index is 1.06. The third-order valence-corrected chi connectivity index (χ3v) is 1.39. The number of hydrogen-bond donors (Lipinski definition) is 0. The van der Waals surface area contributed by atoms with Crippen molar-refractivity contribution >= 4 is 17.7 Å². The van der Waals surface area contributed by atoms with Gasteiger partial charge in [0, 0.05) is 0 Å². The van der Waals surface area contributed by atoms with E-state index in [9.17, 15) is 0 Å². The summed E-state index contributed by atoms with van der Waals surface area (Å²) < 4.78 is 1.06. The Kier molecular flexibility index (Phi) is 1.03. The molecular weight excluding hydrogens is 55.0 g/mol. The average molecular weight is 62.0 g/mol. The molecule has 1 aliphatic rings. The molecule has 24 valence electrons. The summed E-state index contributed by atoms with van der Waals surface area (Å²) in [4.78, 5) is 0. The predicted octanol–water partition coefficient (Wildman–Crippen LogP) is 1.13. The van der Waals surface area contributed by atoms with Crippen molar-refractivity contribution in [3.05, 3.63) is 0 Å². The minimum atomic E-state index is 1.06. The summed E-state index contributed by atoms with van der Waals surface area (Å²) in [5.41, 5.74) is 0. The first kappa shape index (κ1) is 3.78. The molecule has 0 aromatic carbocycles. The first-order valence-electron chi connectivity index (χ1n) is 2.39. The zero-order valence-corrected chi connectivity index (χ0v) is 3.70. The maximum atomic E-state index is 2.31. The SMILES string of the molecule is [Li][CH]1CCC1. The molecule has 1 saturated carbocycles. The standard InChI is InChI=1S/C4H7.Li/c1-2-4-3-1;/h1H,2-4H2;. The monoisotopic (exact) mass is 62.1 g/mol. The molecule has 1 fully saturated rings. The van der Waals surface area contributed by atoms with Gasteiger partial charge in [0.1, 0.15) is 0 Å². The Morgan fingerprint density at radius 3 is 1.80 bits per heavy atom. The Morgan fingerprint density at radius 2 is 1.80 bits per heavy atom. The van der Waals surface area contributed by atoms with Crippen LogP contribution in [0.5, 0.6) is 0 Å². The van der Waals surface area contributed by atoms with Crippen LogP contribution in [0.4, 0.5) is 0 Å². The van der Waals surface area contributed by atoms with E-state index in [1.165, 1.54) is 19.3 Å². The summed E-state index contributed by atoms with van der Waals surface area (Å²) in [6, 6.07) is 0. The summed E-state index contributed by atoms with van der Waals surface area (Å²) in [5, 5.41) is 0. The molecule has 1 heteroatoms. The van der Waals surface area contributed by atoms with E-state index in [2.05, 4.69) is 17.7 Å². The fourth-order valence-corrected chi connectivity index (χ4v) is 0.612. The van der Waals surface area contributed by atoms with Gasteiger partial charge in [-0.05, 0) is 0 Å². The zero-order chi connectivity index (χ0) is 3.70. The first-order valence-corrected chi connectivity index (χ1v) is 2.39. The van der Waals surface area contributed by atoms with E-state index >= 15 is 0 Å². The van der Waals surface area contributed by atoms with E-state index in [4.69, 9.17) is 0 Å². The number of rotatable bonds is 0. The second-order valence-corrected chi connectivity index (χ2v) is 2.04. The van der Waals surface area contributed by atoms with Gasteiger partial charge in [0.25, 0.3) is 0 Å². The summed E-state index contributed by atoms with van der Waals surface area (Å²) in [7, 11) is 0. The van der Waals surface area contributed by atoms with Crippen molar-refractivity contribution in [2.45, 2.75) is 23.9 Å². The molecule has 0 N–H and O–H groups in total. The first-order chi connectivity index (χ1) is 2.39. The van der Waals surface area contributed by atoms with E-state index in [-0.39, 0.29) is 0 Å². The maximum absolute atomic E-state index is 2.31. The van der Waals surface area contributed by atoms with Gasteiger partial charge in [-0.1, -0.05) is 0 Å². The van der Waals surface area contributed by atoms with E-state index in [1.54, 1.807) is 0 Å². The van der Waals surface area contributed by atoms with Crippen molar-refractivity contribution in [3.63, 3.8) is 0 Å². The summed E-state index contributed by atoms with van der Waals surface area (Å²) in [5.74, 6) is 0. The van der Waals surface area contributed by atoms with Crippen LogP contribution < -0.4 is 0 Å². The van der Waals surface area contributed by atoms with Gasteiger partial charge >= 0.3 is 41.6 Å². The predicted molar refractivity (Wildman–Crippen MR) is 23.4 cm³/mol. The topological polar surface area (TPSA) is 0 Å². The van der Waals surface area contributed by atoms with Crippen LogP contribution in [0.15, 0.2) is 0 Å². The normalized spacial score (nSPS) is 26.0. The van der Waals surface area contributed by atoms with Crippen LogP contribution >= 0.6 is 0 Å². The van der Waals surface area contributed by atoms with Crippen molar-refractivity contribution in [2.75, 3.05) is 0 Å². The Hall–Kier alpha value is 0.597. The Bertz CT molecular complexity index is 30.6. The quantitative estimate of drug-likeness (QED) is 0.369. The Morgan fingerprint density at radius 1 is 1.40 bits per heavy atom. The van der Waals surface area contributed by atoms with Gasteiger partial charge < -0.3 is 0 Å². The fourth-order valence-electron chi connectivity index (χ4n) is 0.612. The van der Waals surface area contributed by atoms with Crippen molar-refractivity contribution in [1.82, 2.24) is 0 Å². The third kappa shape index (κ3) is 0.713. The van der Waals surface area contributed by atoms with Crippen LogP contribution in [0, 0.1) is 0 Å². The molecular formula is C4H7Li. The van der Waals surface area contributed by atoms with Gasteiger partial charge in [-0.15, -0.1) is 0 Å². The average Bonchev–Trinajstić information content (AvgIpc) is 1.30. The molecule has 0 bridgehead atoms. The molecule has 0 heterocycles. The fraction of sp³-hybridized carbons (Fsp3) is 1.00. The molecule has 0 aromatic rings. The van der Waals surface area contributed by atoms with Gasteiger partial charge in [0.15, 0.2) is 0 Å². The number of hydrogen-bond acceptors (Lipinski definition) is 0. The van der Waals surface area contributed by atoms with Crippen LogP contribution in [0.25, 0.3) is 0 Å². The van der Waals surface area contributed by atoms with Crippen LogP contribution in [0.2, 0.25) is 4.59 Å². The van der Waals surface area contributed by atoms with E-state index in [0.29, 0.717) is 0 Å². The van der Waals surface area contributed by atoms with Crippen molar-refractivity contribution in [2.24, 2.45) is 0 Å². The molecule has 0 nitrogen and oxygen atoms in total. The molecule has 1 aliphatic carbocycles. The van der Waals surface area contributed by atoms with Crippen LogP contribution in [-0.4, -0.2) is 17.7 Å². The summed E-state index contributed by atoms with van der Waals surface area (Å²) >= 11 is 2.31. The molecule has 0 radical (unpaired) electrons. The summed E-state index contributed by atoms with van der Waals surface area (Å²) in [6.45, 7) is 0. The van der Waals surface area contributed by atoms with Gasteiger partial charge in [-0.25, -0.2) is 0 Å². The summed E-state index contributed by atoms with van der Waals surface area (Å²) in [6.07, 6.45) is 4.46. The van der Waals surface area contributed by atoms with Crippen molar-refractivity contribution < 1.29 is 0 Å². The van der Waals surface area contributed by atoms with E-state index in [1.807, 2.05) is 0 Å². The molecule has 0 atom stereocenters. The third-order valence-electron chi connectivity index (χ3n) is 1.39. The van der Waals surface area contributed by atoms with Crippen LogP contribution in [-0.2, 0) is 0 Å². The molecule has 0 spiro atoms.